The predicted molar refractivity (Wildman–Crippen MR) is 69.5 cm³/mol. The number of piperidine rings is 1. The summed E-state index contributed by atoms with van der Waals surface area (Å²) < 4.78 is 18.7. The van der Waals surface area contributed by atoms with Gasteiger partial charge in [0.05, 0.1) is 11.6 Å². The zero-order valence-corrected chi connectivity index (χ0v) is 10.9. The first kappa shape index (κ1) is 12.2. The molecule has 2 aliphatic rings. The van der Waals surface area contributed by atoms with Gasteiger partial charge in [0.15, 0.2) is 0 Å². The molecule has 3 atom stereocenters. The van der Waals surface area contributed by atoms with Crippen molar-refractivity contribution in [3.05, 3.63) is 29.0 Å². The zero-order valence-electron chi connectivity index (χ0n) is 10.2. The molecule has 1 aliphatic heterocycles. The molecule has 2 bridgehead atoms. The van der Waals surface area contributed by atoms with Crippen LogP contribution >= 0.6 is 11.6 Å². The highest BCUT2D eigenvalue weighted by Crippen LogP contribution is 2.39. The van der Waals surface area contributed by atoms with Gasteiger partial charge in [-0.1, -0.05) is 11.6 Å². The molecular weight excluding hydrogens is 253 g/mol. The van der Waals surface area contributed by atoms with E-state index in [1.807, 2.05) is 0 Å². The average molecular weight is 270 g/mol. The third-order valence-electron chi connectivity index (χ3n) is 4.26. The topological polar surface area (TPSA) is 21.3 Å². The summed E-state index contributed by atoms with van der Waals surface area (Å²) in [5, 5.41) is 3.82. The first-order valence-corrected chi connectivity index (χ1v) is 6.90. The molecule has 2 unspecified atom stereocenters. The standard InChI is InChI=1S/C14H17ClFNO/c15-13-5-11(16)3-4-14(13)18-8-12-9-1-2-10(12)7-17-6-9/h3-5,9-10,12,17H,1-2,6-8H2/t9-,10?,12?/m0/s1. The lowest BCUT2D eigenvalue weighted by atomic mass is 9.87. The molecule has 0 radical (unpaired) electrons. The van der Waals surface area contributed by atoms with E-state index >= 15 is 0 Å². The summed E-state index contributed by atoms with van der Waals surface area (Å²) in [6.45, 7) is 2.89. The Kier molecular flexibility index (Phi) is 3.44. The number of benzene rings is 1. The third kappa shape index (κ3) is 2.34. The van der Waals surface area contributed by atoms with Crippen molar-refractivity contribution in [3.8, 4) is 5.75 Å². The van der Waals surface area contributed by atoms with E-state index in [2.05, 4.69) is 5.32 Å². The van der Waals surface area contributed by atoms with Crippen LogP contribution < -0.4 is 10.1 Å². The van der Waals surface area contributed by atoms with Crippen LogP contribution in [-0.4, -0.2) is 19.7 Å². The predicted octanol–water partition coefficient (Wildman–Crippen LogP) is 3.10. The lowest BCUT2D eigenvalue weighted by molar-refractivity contribution is 0.151. The molecule has 2 nitrogen and oxygen atoms in total. The molecule has 18 heavy (non-hydrogen) atoms. The number of hydrogen-bond acceptors (Lipinski definition) is 2. The molecule has 1 aromatic rings. The van der Waals surface area contributed by atoms with Gasteiger partial charge >= 0.3 is 0 Å². The highest BCUT2D eigenvalue weighted by Gasteiger charge is 2.39. The van der Waals surface area contributed by atoms with Gasteiger partial charge in [0.1, 0.15) is 11.6 Å². The molecule has 4 heteroatoms. The van der Waals surface area contributed by atoms with Gasteiger partial charge in [0.2, 0.25) is 0 Å². The van der Waals surface area contributed by atoms with Crippen LogP contribution in [0.25, 0.3) is 0 Å². The van der Waals surface area contributed by atoms with Crippen LogP contribution in [0.5, 0.6) is 5.75 Å². The second-order valence-corrected chi connectivity index (χ2v) is 5.71. The van der Waals surface area contributed by atoms with Crippen molar-refractivity contribution in [1.82, 2.24) is 5.32 Å². The van der Waals surface area contributed by atoms with E-state index in [0.717, 1.165) is 24.9 Å². The minimum absolute atomic E-state index is 0.325. The van der Waals surface area contributed by atoms with Crippen LogP contribution in [0, 0.1) is 23.6 Å². The molecule has 1 N–H and O–H groups in total. The Morgan fingerprint density at radius 3 is 2.67 bits per heavy atom. The first-order valence-electron chi connectivity index (χ1n) is 6.52. The van der Waals surface area contributed by atoms with Crippen molar-refractivity contribution in [2.24, 2.45) is 17.8 Å². The Morgan fingerprint density at radius 1 is 1.28 bits per heavy atom. The molecule has 0 spiro atoms. The number of fused-ring (bicyclic) bond motifs is 2. The van der Waals surface area contributed by atoms with Crippen molar-refractivity contribution in [1.29, 1.82) is 0 Å². The molecule has 3 rings (SSSR count). The highest BCUT2D eigenvalue weighted by molar-refractivity contribution is 6.32. The number of halogens is 2. The molecule has 0 amide bonds. The van der Waals surface area contributed by atoms with E-state index < -0.39 is 0 Å². The van der Waals surface area contributed by atoms with Gasteiger partial charge < -0.3 is 10.1 Å². The van der Waals surface area contributed by atoms with Crippen LogP contribution in [0.4, 0.5) is 4.39 Å². The largest absolute Gasteiger partial charge is 0.492 e. The fourth-order valence-electron chi connectivity index (χ4n) is 3.25. The molecular formula is C14H17ClFNO. The van der Waals surface area contributed by atoms with Crippen LogP contribution in [0.3, 0.4) is 0 Å². The minimum Gasteiger partial charge on any atom is -0.492 e. The zero-order chi connectivity index (χ0) is 12.5. The number of nitrogens with one attached hydrogen (secondary N) is 1. The minimum atomic E-state index is -0.325. The van der Waals surface area contributed by atoms with E-state index in [1.165, 1.54) is 25.0 Å². The van der Waals surface area contributed by atoms with Gasteiger partial charge in [-0.3, -0.25) is 0 Å². The Labute approximate surface area is 111 Å². The Hall–Kier alpha value is -0.800. The van der Waals surface area contributed by atoms with Crippen LogP contribution in [0.15, 0.2) is 18.2 Å². The van der Waals surface area contributed by atoms with E-state index in [9.17, 15) is 4.39 Å². The number of hydrogen-bond donors (Lipinski definition) is 1. The van der Waals surface area contributed by atoms with Crippen molar-refractivity contribution >= 4 is 11.6 Å². The molecule has 2 fully saturated rings. The monoisotopic (exact) mass is 269 g/mol. The fourth-order valence-corrected chi connectivity index (χ4v) is 3.47. The van der Waals surface area contributed by atoms with Gasteiger partial charge in [0.25, 0.3) is 0 Å². The van der Waals surface area contributed by atoms with Crippen molar-refractivity contribution < 1.29 is 9.13 Å². The van der Waals surface area contributed by atoms with Crippen molar-refractivity contribution in [3.63, 3.8) is 0 Å². The lowest BCUT2D eigenvalue weighted by Gasteiger charge is -2.30. The molecule has 1 aromatic carbocycles. The molecule has 98 valence electrons. The molecule has 1 aliphatic carbocycles. The van der Waals surface area contributed by atoms with Crippen LogP contribution in [0.1, 0.15) is 12.8 Å². The van der Waals surface area contributed by atoms with E-state index in [0.29, 0.717) is 23.3 Å². The first-order chi connectivity index (χ1) is 8.74. The van der Waals surface area contributed by atoms with Gasteiger partial charge in [0, 0.05) is 5.92 Å². The quantitative estimate of drug-likeness (QED) is 0.910. The highest BCUT2D eigenvalue weighted by atomic mass is 35.5. The average Bonchev–Trinajstić information content (AvgIpc) is 2.58. The van der Waals surface area contributed by atoms with Crippen molar-refractivity contribution in [2.75, 3.05) is 19.7 Å². The van der Waals surface area contributed by atoms with Crippen molar-refractivity contribution in [2.45, 2.75) is 12.8 Å². The second-order valence-electron chi connectivity index (χ2n) is 5.31. The van der Waals surface area contributed by atoms with E-state index in [4.69, 9.17) is 16.3 Å². The van der Waals surface area contributed by atoms with Crippen LogP contribution in [-0.2, 0) is 0 Å². The Balaban J connectivity index is 1.64. The molecule has 0 aromatic heterocycles. The van der Waals surface area contributed by atoms with Gasteiger partial charge in [-0.25, -0.2) is 4.39 Å². The summed E-state index contributed by atoms with van der Waals surface area (Å²) >= 11 is 5.96. The van der Waals surface area contributed by atoms with Gasteiger partial charge in [-0.2, -0.15) is 0 Å². The summed E-state index contributed by atoms with van der Waals surface area (Å²) in [5.74, 6) is 2.34. The Bertz CT molecular complexity index is 424. The number of ether oxygens (including phenoxy) is 1. The summed E-state index contributed by atoms with van der Waals surface area (Å²) in [7, 11) is 0. The van der Waals surface area contributed by atoms with E-state index in [-0.39, 0.29) is 5.82 Å². The molecule has 1 heterocycles. The van der Waals surface area contributed by atoms with Gasteiger partial charge in [-0.15, -0.1) is 0 Å². The summed E-state index contributed by atoms with van der Waals surface area (Å²) in [6, 6.07) is 4.30. The Morgan fingerprint density at radius 2 is 2.00 bits per heavy atom. The summed E-state index contributed by atoms with van der Waals surface area (Å²) in [4.78, 5) is 0. The smallest absolute Gasteiger partial charge is 0.138 e. The SMILES string of the molecule is Fc1ccc(OCC2C3CC[C@H]2CNC3)c(Cl)c1. The summed E-state index contributed by atoms with van der Waals surface area (Å²) in [6.07, 6.45) is 2.59. The molecule has 1 saturated carbocycles. The number of rotatable bonds is 3. The lowest BCUT2D eigenvalue weighted by Crippen LogP contribution is -2.40. The third-order valence-corrected chi connectivity index (χ3v) is 4.55. The van der Waals surface area contributed by atoms with E-state index in [1.54, 1.807) is 6.07 Å². The second kappa shape index (κ2) is 5.06. The van der Waals surface area contributed by atoms with Gasteiger partial charge in [-0.05, 0) is 56.0 Å². The fraction of sp³-hybridized carbons (Fsp3) is 0.571. The maximum absolute atomic E-state index is 12.9. The normalized spacial score (nSPS) is 30.4. The van der Waals surface area contributed by atoms with Crippen LogP contribution in [0.2, 0.25) is 5.02 Å². The maximum Gasteiger partial charge on any atom is 0.138 e. The molecule has 1 saturated heterocycles. The maximum atomic E-state index is 12.9. The summed E-state index contributed by atoms with van der Waals surface area (Å²) in [5.41, 5.74) is 0.